The van der Waals surface area contributed by atoms with Crippen molar-refractivity contribution in [3.63, 3.8) is 0 Å². The van der Waals surface area contributed by atoms with Crippen molar-refractivity contribution in [3.8, 4) is 11.4 Å². The van der Waals surface area contributed by atoms with Gasteiger partial charge in [-0.15, -0.1) is 0 Å². The number of benzene rings is 1. The maximum atomic E-state index is 13.3. The van der Waals surface area contributed by atoms with Gasteiger partial charge in [0, 0.05) is 23.6 Å². The molecule has 2 aliphatic heterocycles. The molecule has 170 valence electrons. The average Bonchev–Trinajstić information content (AvgIpc) is 3.16. The Morgan fingerprint density at radius 2 is 2.15 bits per heavy atom. The number of hydrogen-bond acceptors (Lipinski definition) is 7. The number of esters is 1. The Kier molecular flexibility index (Phi) is 4.84. The molecular weight excluding hydrogens is 426 g/mol. The van der Waals surface area contributed by atoms with Crippen LogP contribution in [0.2, 0.25) is 0 Å². The first-order valence-electron chi connectivity index (χ1n) is 10.7. The number of primary amides is 1. The fraction of sp³-hybridized carbons (Fsp3) is 0.333. The maximum absolute atomic E-state index is 13.3. The second kappa shape index (κ2) is 7.50. The molecule has 9 nitrogen and oxygen atoms in total. The van der Waals surface area contributed by atoms with Crippen molar-refractivity contribution in [2.75, 3.05) is 7.11 Å². The van der Waals surface area contributed by atoms with E-state index in [0.717, 1.165) is 16.5 Å². The Balaban J connectivity index is 1.70. The van der Waals surface area contributed by atoms with Gasteiger partial charge in [-0.1, -0.05) is 19.1 Å². The van der Waals surface area contributed by atoms with Gasteiger partial charge in [-0.3, -0.25) is 9.59 Å². The minimum absolute atomic E-state index is 0.0305. The number of fused-ring (bicyclic) bond motifs is 5. The van der Waals surface area contributed by atoms with Gasteiger partial charge in [0.1, 0.15) is 6.61 Å². The molecule has 9 heteroatoms. The van der Waals surface area contributed by atoms with Crippen molar-refractivity contribution in [3.05, 3.63) is 62.9 Å². The monoisotopic (exact) mass is 449 g/mol. The van der Waals surface area contributed by atoms with Crippen molar-refractivity contribution in [2.24, 2.45) is 5.73 Å². The standard InChI is InChI=1S/C24H23N3O6/c1-3-24(31)16-8-18-21-12(10-27(18)22(29)15(16)11-33-23(24)30)7-14-13(5-4-6-17(14)26-21)19(32-2)9-20(25)28/h4-8,19,31H,3,9-11H2,1-2H3,(H2,25,28)/t19?,24-/m0/s1. The highest BCUT2D eigenvalue weighted by Crippen LogP contribution is 2.39. The van der Waals surface area contributed by atoms with Crippen LogP contribution in [0.25, 0.3) is 22.3 Å². The number of nitrogens with zero attached hydrogens (tertiary/aromatic N) is 2. The molecule has 2 aromatic heterocycles. The van der Waals surface area contributed by atoms with Gasteiger partial charge in [0.25, 0.3) is 5.56 Å². The number of hydrogen-bond donors (Lipinski definition) is 2. The SMILES string of the molecule is CC[C@@]1(O)C(=O)OCc2c1cc1n(c2=O)Cc2cc3c(C(CC(N)=O)OC)cccc3nc2-1. The molecule has 1 amide bonds. The summed E-state index contributed by atoms with van der Waals surface area (Å²) in [6.07, 6.45) is -0.406. The summed E-state index contributed by atoms with van der Waals surface area (Å²) in [5, 5.41) is 11.8. The fourth-order valence-electron chi connectivity index (χ4n) is 4.81. The summed E-state index contributed by atoms with van der Waals surface area (Å²) in [7, 11) is 1.52. The van der Waals surface area contributed by atoms with Crippen LogP contribution in [0.15, 0.2) is 35.1 Å². The Bertz CT molecular complexity index is 1400. The number of amides is 1. The molecule has 0 saturated heterocycles. The van der Waals surface area contributed by atoms with Crippen LogP contribution in [0.3, 0.4) is 0 Å². The van der Waals surface area contributed by atoms with E-state index in [1.54, 1.807) is 17.6 Å². The average molecular weight is 449 g/mol. The predicted molar refractivity (Wildman–Crippen MR) is 118 cm³/mol. The Hall–Kier alpha value is -3.56. The number of methoxy groups -OCH3 is 1. The number of rotatable bonds is 5. The van der Waals surface area contributed by atoms with Gasteiger partial charge >= 0.3 is 5.97 Å². The molecule has 4 heterocycles. The van der Waals surface area contributed by atoms with Crippen LogP contribution in [0.4, 0.5) is 0 Å². The second-order valence-corrected chi connectivity index (χ2v) is 8.41. The predicted octanol–water partition coefficient (Wildman–Crippen LogP) is 1.64. The summed E-state index contributed by atoms with van der Waals surface area (Å²) in [6.45, 7) is 1.79. The molecular formula is C24H23N3O6. The molecule has 2 aliphatic rings. The van der Waals surface area contributed by atoms with Crippen LogP contribution in [-0.4, -0.2) is 33.6 Å². The van der Waals surface area contributed by atoms with Gasteiger partial charge in [-0.25, -0.2) is 9.78 Å². The molecule has 33 heavy (non-hydrogen) atoms. The zero-order chi connectivity index (χ0) is 23.5. The van der Waals surface area contributed by atoms with Gasteiger partial charge in [0.05, 0.1) is 41.5 Å². The number of ether oxygens (including phenoxy) is 2. The van der Waals surface area contributed by atoms with E-state index in [1.807, 2.05) is 24.3 Å². The molecule has 2 atom stereocenters. The van der Waals surface area contributed by atoms with Crippen LogP contribution in [0.1, 0.15) is 48.1 Å². The zero-order valence-electron chi connectivity index (χ0n) is 18.3. The summed E-state index contributed by atoms with van der Waals surface area (Å²) in [5.74, 6) is -1.23. The highest BCUT2D eigenvalue weighted by molar-refractivity contribution is 5.88. The van der Waals surface area contributed by atoms with Crippen molar-refractivity contribution in [2.45, 2.75) is 44.6 Å². The lowest BCUT2D eigenvalue weighted by atomic mass is 9.86. The molecule has 5 rings (SSSR count). The smallest absolute Gasteiger partial charge is 0.343 e. The third kappa shape index (κ3) is 3.07. The number of carbonyl (C=O) groups is 2. The molecule has 3 N–H and O–H groups in total. The largest absolute Gasteiger partial charge is 0.458 e. The van der Waals surface area contributed by atoms with Crippen LogP contribution in [0.5, 0.6) is 0 Å². The minimum atomic E-state index is -1.87. The summed E-state index contributed by atoms with van der Waals surface area (Å²) in [4.78, 5) is 41.9. The van der Waals surface area contributed by atoms with Crippen LogP contribution >= 0.6 is 0 Å². The number of aromatic nitrogens is 2. The molecule has 0 spiro atoms. The van der Waals surface area contributed by atoms with Crippen molar-refractivity contribution >= 4 is 22.8 Å². The van der Waals surface area contributed by atoms with E-state index in [0.29, 0.717) is 23.4 Å². The summed E-state index contributed by atoms with van der Waals surface area (Å²) < 4.78 is 12.2. The third-order valence-corrected chi connectivity index (χ3v) is 6.60. The highest BCUT2D eigenvalue weighted by Gasteiger charge is 2.45. The molecule has 3 aromatic rings. The van der Waals surface area contributed by atoms with E-state index >= 15 is 0 Å². The quantitative estimate of drug-likeness (QED) is 0.443. The lowest BCUT2D eigenvalue weighted by Gasteiger charge is -2.31. The number of aliphatic hydroxyl groups is 1. The van der Waals surface area contributed by atoms with Crippen molar-refractivity contribution in [1.29, 1.82) is 0 Å². The van der Waals surface area contributed by atoms with E-state index in [1.165, 1.54) is 7.11 Å². The van der Waals surface area contributed by atoms with E-state index in [9.17, 15) is 19.5 Å². The zero-order valence-corrected chi connectivity index (χ0v) is 18.3. The Labute approximate surface area is 188 Å². The first-order valence-corrected chi connectivity index (χ1v) is 10.7. The molecule has 1 aromatic carbocycles. The van der Waals surface area contributed by atoms with E-state index in [4.69, 9.17) is 20.2 Å². The van der Waals surface area contributed by atoms with Crippen LogP contribution in [0, 0.1) is 0 Å². The Morgan fingerprint density at radius 3 is 2.85 bits per heavy atom. The summed E-state index contributed by atoms with van der Waals surface area (Å²) in [6, 6.07) is 9.16. The lowest BCUT2D eigenvalue weighted by Crippen LogP contribution is -2.44. The van der Waals surface area contributed by atoms with E-state index in [-0.39, 0.29) is 36.1 Å². The molecule has 0 fully saturated rings. The van der Waals surface area contributed by atoms with Gasteiger partial charge in [0.15, 0.2) is 5.60 Å². The maximum Gasteiger partial charge on any atom is 0.343 e. The van der Waals surface area contributed by atoms with E-state index in [2.05, 4.69) is 0 Å². The molecule has 1 unspecified atom stereocenters. The summed E-state index contributed by atoms with van der Waals surface area (Å²) >= 11 is 0. The van der Waals surface area contributed by atoms with Gasteiger partial charge in [-0.05, 0) is 30.2 Å². The van der Waals surface area contributed by atoms with Crippen LogP contribution < -0.4 is 11.3 Å². The summed E-state index contributed by atoms with van der Waals surface area (Å²) in [5.41, 5.74) is 7.19. The minimum Gasteiger partial charge on any atom is -0.458 e. The second-order valence-electron chi connectivity index (χ2n) is 8.41. The van der Waals surface area contributed by atoms with Gasteiger partial charge < -0.3 is 24.9 Å². The molecule has 0 radical (unpaired) electrons. The molecule has 0 bridgehead atoms. The van der Waals surface area contributed by atoms with Gasteiger partial charge in [0.2, 0.25) is 5.91 Å². The number of carbonyl (C=O) groups excluding carboxylic acids is 2. The highest BCUT2D eigenvalue weighted by atomic mass is 16.6. The van der Waals surface area contributed by atoms with Crippen molar-refractivity contribution < 1.29 is 24.2 Å². The van der Waals surface area contributed by atoms with Crippen LogP contribution in [-0.2, 0) is 37.8 Å². The third-order valence-electron chi connectivity index (χ3n) is 6.60. The lowest BCUT2D eigenvalue weighted by molar-refractivity contribution is -0.172. The number of pyridine rings is 2. The topological polar surface area (TPSA) is 134 Å². The molecule has 0 aliphatic carbocycles. The van der Waals surface area contributed by atoms with Crippen molar-refractivity contribution in [1.82, 2.24) is 9.55 Å². The number of nitrogens with two attached hydrogens (primary N) is 1. The van der Waals surface area contributed by atoms with Gasteiger partial charge in [-0.2, -0.15) is 0 Å². The first kappa shape index (κ1) is 21.3. The first-order chi connectivity index (χ1) is 15.8. The Morgan fingerprint density at radius 1 is 1.36 bits per heavy atom. The van der Waals surface area contributed by atoms with E-state index < -0.39 is 23.6 Å². The molecule has 0 saturated carbocycles. The fourth-order valence-corrected chi connectivity index (χ4v) is 4.81. The number of cyclic esters (lactones) is 1. The normalized spacial score (nSPS) is 19.5.